The maximum atomic E-state index is 11.6. The fourth-order valence-corrected chi connectivity index (χ4v) is 4.22. The molecule has 0 radical (unpaired) electrons. The van der Waals surface area contributed by atoms with Crippen LogP contribution < -0.4 is 10.3 Å². The number of aromatic amines is 1. The van der Waals surface area contributed by atoms with Crippen LogP contribution in [0.4, 0.5) is 0 Å². The maximum Gasteiger partial charge on any atom is 0.303 e. The summed E-state index contributed by atoms with van der Waals surface area (Å²) in [6, 6.07) is 15.2. The number of rotatable bonds is 7. The predicted octanol–water partition coefficient (Wildman–Crippen LogP) is 5.17. The molecule has 0 amide bonds. The van der Waals surface area contributed by atoms with Gasteiger partial charge in [0.25, 0.3) is 0 Å². The quantitative estimate of drug-likeness (QED) is 0.568. The molecule has 5 heteroatoms. The minimum absolute atomic E-state index is 0.0979. The highest BCUT2D eigenvalue weighted by atomic mass is 16.5. The summed E-state index contributed by atoms with van der Waals surface area (Å²) in [5.41, 5.74) is 3.59. The summed E-state index contributed by atoms with van der Waals surface area (Å²) in [6.45, 7) is 0.711. The molecule has 0 saturated heterocycles. The van der Waals surface area contributed by atoms with Crippen LogP contribution in [0.5, 0.6) is 5.75 Å². The number of nitrogens with one attached hydrogen (secondary N) is 1. The van der Waals surface area contributed by atoms with E-state index in [0.717, 1.165) is 33.3 Å². The van der Waals surface area contributed by atoms with E-state index in [1.165, 1.54) is 38.2 Å². The molecule has 2 aromatic carbocycles. The number of carboxylic acids is 1. The smallest absolute Gasteiger partial charge is 0.303 e. The molecule has 0 unspecified atom stereocenters. The van der Waals surface area contributed by atoms with Crippen LogP contribution in [-0.2, 0) is 11.2 Å². The standard InChI is InChI=1S/C25H27NO4/c27-24-12-9-20-15-19(8-10-22(20)26-24)21-14-17(7-13-25(28)29)6-11-23(21)30-16-18-4-2-1-3-5-18/h6,8-12,14-15,18H,1-5,7,13,16H2,(H,26,27)(H,28,29). The average molecular weight is 405 g/mol. The Morgan fingerprint density at radius 2 is 1.87 bits per heavy atom. The van der Waals surface area contributed by atoms with Crippen molar-refractivity contribution in [2.24, 2.45) is 5.92 Å². The number of hydrogen-bond acceptors (Lipinski definition) is 3. The molecule has 1 saturated carbocycles. The molecular formula is C25H27NO4. The van der Waals surface area contributed by atoms with Crippen LogP contribution in [0.2, 0.25) is 0 Å². The highest BCUT2D eigenvalue weighted by Crippen LogP contribution is 2.34. The summed E-state index contributed by atoms with van der Waals surface area (Å²) in [6.07, 6.45) is 6.88. The van der Waals surface area contributed by atoms with Gasteiger partial charge in [-0.3, -0.25) is 9.59 Å². The fraction of sp³-hybridized carbons (Fsp3) is 0.360. The molecule has 0 spiro atoms. The van der Waals surface area contributed by atoms with Crippen molar-refractivity contribution in [1.29, 1.82) is 0 Å². The maximum absolute atomic E-state index is 11.6. The third-order valence-electron chi connectivity index (χ3n) is 5.91. The zero-order chi connectivity index (χ0) is 20.9. The first-order valence-electron chi connectivity index (χ1n) is 10.7. The number of carbonyl (C=O) groups is 1. The summed E-state index contributed by atoms with van der Waals surface area (Å²) in [5, 5.41) is 9.98. The van der Waals surface area contributed by atoms with Crippen molar-refractivity contribution < 1.29 is 14.6 Å². The third-order valence-corrected chi connectivity index (χ3v) is 5.91. The molecule has 1 fully saturated rings. The number of aliphatic carboxylic acids is 1. The van der Waals surface area contributed by atoms with E-state index in [-0.39, 0.29) is 12.0 Å². The molecule has 156 valence electrons. The minimum Gasteiger partial charge on any atom is -0.493 e. The van der Waals surface area contributed by atoms with Gasteiger partial charge < -0.3 is 14.8 Å². The van der Waals surface area contributed by atoms with Crippen LogP contribution in [-0.4, -0.2) is 22.7 Å². The van der Waals surface area contributed by atoms with Gasteiger partial charge in [0.05, 0.1) is 6.61 Å². The molecule has 0 atom stereocenters. The highest BCUT2D eigenvalue weighted by Gasteiger charge is 2.16. The van der Waals surface area contributed by atoms with Crippen LogP contribution in [0.3, 0.4) is 0 Å². The number of benzene rings is 2. The van der Waals surface area contributed by atoms with Gasteiger partial charge >= 0.3 is 5.97 Å². The first kappa shape index (κ1) is 20.2. The average Bonchev–Trinajstić information content (AvgIpc) is 2.77. The zero-order valence-corrected chi connectivity index (χ0v) is 17.0. The highest BCUT2D eigenvalue weighted by molar-refractivity contribution is 5.85. The van der Waals surface area contributed by atoms with Crippen molar-refractivity contribution in [2.75, 3.05) is 6.61 Å². The van der Waals surface area contributed by atoms with E-state index >= 15 is 0 Å². The van der Waals surface area contributed by atoms with E-state index in [2.05, 4.69) is 4.98 Å². The predicted molar refractivity (Wildman–Crippen MR) is 118 cm³/mol. The Hall–Kier alpha value is -3.08. The Morgan fingerprint density at radius 1 is 1.03 bits per heavy atom. The van der Waals surface area contributed by atoms with E-state index in [1.807, 2.05) is 42.5 Å². The monoisotopic (exact) mass is 405 g/mol. The topological polar surface area (TPSA) is 79.4 Å². The molecule has 0 bridgehead atoms. The van der Waals surface area contributed by atoms with Gasteiger partial charge in [-0.2, -0.15) is 0 Å². The SMILES string of the molecule is O=C(O)CCc1ccc(OCC2CCCCC2)c(-c2ccc3[nH]c(=O)ccc3c2)c1. The number of carboxylic acid groups (broad SMARTS) is 1. The van der Waals surface area contributed by atoms with Crippen LogP contribution in [0.15, 0.2) is 53.3 Å². The lowest BCUT2D eigenvalue weighted by atomic mass is 9.90. The molecule has 30 heavy (non-hydrogen) atoms. The minimum atomic E-state index is -0.802. The Kier molecular flexibility index (Phi) is 6.17. The molecular weight excluding hydrogens is 378 g/mol. The van der Waals surface area contributed by atoms with Crippen molar-refractivity contribution in [1.82, 2.24) is 4.98 Å². The van der Waals surface area contributed by atoms with E-state index in [1.54, 1.807) is 0 Å². The van der Waals surface area contributed by atoms with E-state index in [4.69, 9.17) is 9.84 Å². The van der Waals surface area contributed by atoms with Crippen molar-refractivity contribution in [3.8, 4) is 16.9 Å². The summed E-state index contributed by atoms with van der Waals surface area (Å²) < 4.78 is 6.27. The lowest BCUT2D eigenvalue weighted by molar-refractivity contribution is -0.136. The zero-order valence-electron chi connectivity index (χ0n) is 17.0. The Bertz CT molecular complexity index is 1100. The number of hydrogen-bond donors (Lipinski definition) is 2. The van der Waals surface area contributed by atoms with E-state index in [0.29, 0.717) is 18.9 Å². The fourth-order valence-electron chi connectivity index (χ4n) is 4.22. The Labute approximate surface area is 175 Å². The second-order valence-electron chi connectivity index (χ2n) is 8.16. The number of ether oxygens (including phenoxy) is 1. The van der Waals surface area contributed by atoms with Crippen LogP contribution >= 0.6 is 0 Å². The van der Waals surface area contributed by atoms with Crippen molar-refractivity contribution >= 4 is 16.9 Å². The van der Waals surface area contributed by atoms with Gasteiger partial charge in [0.2, 0.25) is 5.56 Å². The molecule has 5 nitrogen and oxygen atoms in total. The van der Waals surface area contributed by atoms with Crippen LogP contribution in [0, 0.1) is 5.92 Å². The Balaban J connectivity index is 1.66. The van der Waals surface area contributed by atoms with Crippen molar-refractivity contribution in [2.45, 2.75) is 44.9 Å². The summed E-state index contributed by atoms with van der Waals surface area (Å²) in [5.74, 6) is 0.618. The number of fused-ring (bicyclic) bond motifs is 1. The van der Waals surface area contributed by atoms with Gasteiger partial charge in [0.1, 0.15) is 5.75 Å². The van der Waals surface area contributed by atoms with Crippen LogP contribution in [0.1, 0.15) is 44.1 Å². The molecule has 1 aliphatic carbocycles. The molecule has 0 aliphatic heterocycles. The molecule has 1 heterocycles. The normalized spacial score (nSPS) is 14.7. The third kappa shape index (κ3) is 4.90. The van der Waals surface area contributed by atoms with Crippen molar-refractivity contribution in [3.05, 3.63) is 64.4 Å². The molecule has 2 N–H and O–H groups in total. The summed E-state index contributed by atoms with van der Waals surface area (Å²) >= 11 is 0. The summed E-state index contributed by atoms with van der Waals surface area (Å²) in [4.78, 5) is 25.4. The van der Waals surface area contributed by atoms with Crippen molar-refractivity contribution in [3.63, 3.8) is 0 Å². The molecule has 1 aromatic heterocycles. The van der Waals surface area contributed by atoms with Gasteiger partial charge in [0, 0.05) is 23.6 Å². The van der Waals surface area contributed by atoms with Gasteiger partial charge in [-0.1, -0.05) is 31.4 Å². The first-order chi connectivity index (χ1) is 14.6. The van der Waals surface area contributed by atoms with Gasteiger partial charge in [-0.15, -0.1) is 0 Å². The molecule has 1 aliphatic rings. The number of aromatic nitrogens is 1. The number of pyridine rings is 1. The molecule has 4 rings (SSSR count). The van der Waals surface area contributed by atoms with Crippen LogP contribution in [0.25, 0.3) is 22.0 Å². The summed E-state index contributed by atoms with van der Waals surface area (Å²) in [7, 11) is 0. The second-order valence-corrected chi connectivity index (χ2v) is 8.16. The lowest BCUT2D eigenvalue weighted by Crippen LogP contribution is -2.15. The number of H-pyrrole nitrogens is 1. The molecule has 3 aromatic rings. The van der Waals surface area contributed by atoms with Gasteiger partial charge in [0.15, 0.2) is 0 Å². The first-order valence-corrected chi connectivity index (χ1v) is 10.7. The lowest BCUT2D eigenvalue weighted by Gasteiger charge is -2.23. The van der Waals surface area contributed by atoms with E-state index in [9.17, 15) is 9.59 Å². The van der Waals surface area contributed by atoms with Gasteiger partial charge in [-0.25, -0.2) is 0 Å². The largest absolute Gasteiger partial charge is 0.493 e. The Morgan fingerprint density at radius 3 is 2.67 bits per heavy atom. The van der Waals surface area contributed by atoms with E-state index < -0.39 is 5.97 Å². The second kappa shape index (κ2) is 9.16. The van der Waals surface area contributed by atoms with Gasteiger partial charge in [-0.05, 0) is 72.0 Å². The number of aryl methyl sites for hydroxylation is 1.